The summed E-state index contributed by atoms with van der Waals surface area (Å²) in [4.78, 5) is 23.9. The van der Waals surface area contributed by atoms with Gasteiger partial charge in [-0.25, -0.2) is 4.98 Å². The summed E-state index contributed by atoms with van der Waals surface area (Å²) in [5, 5.41) is 0. The van der Waals surface area contributed by atoms with Crippen LogP contribution in [0.25, 0.3) is 0 Å². The molecular weight excluding hydrogens is 302 g/mol. The molecule has 2 saturated heterocycles. The fourth-order valence-corrected chi connectivity index (χ4v) is 3.82. The van der Waals surface area contributed by atoms with Gasteiger partial charge in [0.05, 0.1) is 12.4 Å². The molecule has 1 aromatic rings. The molecule has 6 nitrogen and oxygen atoms in total. The predicted octanol–water partition coefficient (Wildman–Crippen LogP) is 1.29. The summed E-state index contributed by atoms with van der Waals surface area (Å²) in [6, 6.07) is 0.0443. The molecule has 0 saturated carbocycles. The van der Waals surface area contributed by atoms with E-state index in [4.69, 9.17) is 0 Å². The molecule has 6 heteroatoms. The van der Waals surface area contributed by atoms with E-state index in [0.29, 0.717) is 5.91 Å². The maximum absolute atomic E-state index is 12.9. The van der Waals surface area contributed by atoms with E-state index in [9.17, 15) is 4.79 Å². The summed E-state index contributed by atoms with van der Waals surface area (Å²) in [6.07, 6.45) is 10.6. The van der Waals surface area contributed by atoms with Gasteiger partial charge in [0.15, 0.2) is 0 Å². The van der Waals surface area contributed by atoms with Gasteiger partial charge in [-0.3, -0.25) is 14.6 Å². The van der Waals surface area contributed by atoms with Gasteiger partial charge < -0.3 is 9.47 Å². The van der Waals surface area contributed by atoms with E-state index in [0.717, 1.165) is 58.8 Å². The largest absolute Gasteiger partial charge is 0.340 e. The first kappa shape index (κ1) is 17.4. The van der Waals surface area contributed by atoms with Crippen molar-refractivity contribution in [1.29, 1.82) is 0 Å². The second-order valence-corrected chi connectivity index (χ2v) is 7.09. The first-order valence-electron chi connectivity index (χ1n) is 9.45. The summed E-state index contributed by atoms with van der Waals surface area (Å²) in [7, 11) is 0. The molecule has 3 heterocycles. The number of hydrogen-bond acceptors (Lipinski definition) is 4. The molecule has 3 rings (SSSR count). The van der Waals surface area contributed by atoms with E-state index < -0.39 is 0 Å². The maximum Gasteiger partial charge on any atom is 0.239 e. The molecule has 0 N–H and O–H groups in total. The summed E-state index contributed by atoms with van der Waals surface area (Å²) in [6.45, 7) is 10.1. The minimum Gasteiger partial charge on any atom is -0.340 e. The first-order chi connectivity index (χ1) is 11.7. The molecule has 0 radical (unpaired) electrons. The Hall–Kier alpha value is -1.40. The quantitative estimate of drug-likeness (QED) is 0.815. The van der Waals surface area contributed by atoms with E-state index in [1.54, 1.807) is 0 Å². The van der Waals surface area contributed by atoms with Gasteiger partial charge >= 0.3 is 0 Å². The molecule has 24 heavy (non-hydrogen) atoms. The second-order valence-electron chi connectivity index (χ2n) is 7.09. The SMILES string of the molecule is CC(C(=O)N1CCCN(CCn2ccnc2)CC1)N1CCCCC1. The van der Waals surface area contributed by atoms with Gasteiger partial charge in [0.25, 0.3) is 0 Å². The topological polar surface area (TPSA) is 44.6 Å². The lowest BCUT2D eigenvalue weighted by Gasteiger charge is -2.34. The Morgan fingerprint density at radius 1 is 1.00 bits per heavy atom. The van der Waals surface area contributed by atoms with Gasteiger partial charge in [0, 0.05) is 45.1 Å². The van der Waals surface area contributed by atoms with Crippen molar-refractivity contribution >= 4 is 5.91 Å². The van der Waals surface area contributed by atoms with Gasteiger partial charge in [0.1, 0.15) is 0 Å². The third-order valence-electron chi connectivity index (χ3n) is 5.43. The van der Waals surface area contributed by atoms with Crippen molar-refractivity contribution in [2.45, 2.75) is 45.2 Å². The normalized spacial score (nSPS) is 22.3. The van der Waals surface area contributed by atoms with Crippen molar-refractivity contribution in [1.82, 2.24) is 24.3 Å². The average Bonchev–Trinajstić information content (AvgIpc) is 3.04. The highest BCUT2D eigenvalue weighted by molar-refractivity contribution is 5.81. The number of amides is 1. The summed E-state index contributed by atoms with van der Waals surface area (Å²) >= 11 is 0. The molecule has 2 aliphatic rings. The van der Waals surface area contributed by atoms with Gasteiger partial charge in [0.2, 0.25) is 5.91 Å². The van der Waals surface area contributed by atoms with Gasteiger partial charge in [-0.1, -0.05) is 6.42 Å². The summed E-state index contributed by atoms with van der Waals surface area (Å²) < 4.78 is 2.12. The Morgan fingerprint density at radius 2 is 1.83 bits per heavy atom. The number of hydrogen-bond donors (Lipinski definition) is 0. The number of carbonyl (C=O) groups is 1. The number of imidazole rings is 1. The number of carbonyl (C=O) groups excluding carboxylic acids is 1. The molecule has 0 spiro atoms. The van der Waals surface area contributed by atoms with Crippen LogP contribution in [0.4, 0.5) is 0 Å². The summed E-state index contributed by atoms with van der Waals surface area (Å²) in [5.74, 6) is 0.327. The lowest BCUT2D eigenvalue weighted by Crippen LogP contribution is -2.49. The molecule has 0 aromatic carbocycles. The second kappa shape index (κ2) is 8.62. The molecule has 0 aliphatic carbocycles. The van der Waals surface area contributed by atoms with Crippen LogP contribution in [0, 0.1) is 0 Å². The number of nitrogens with zero attached hydrogens (tertiary/aromatic N) is 5. The molecule has 134 valence electrons. The first-order valence-corrected chi connectivity index (χ1v) is 9.45. The Balaban J connectivity index is 1.46. The molecule has 1 amide bonds. The highest BCUT2D eigenvalue weighted by Gasteiger charge is 2.28. The lowest BCUT2D eigenvalue weighted by molar-refractivity contribution is -0.136. The summed E-state index contributed by atoms with van der Waals surface area (Å²) in [5.41, 5.74) is 0. The zero-order valence-electron chi connectivity index (χ0n) is 14.9. The number of likely N-dealkylation sites (tertiary alicyclic amines) is 1. The number of rotatable bonds is 5. The Labute approximate surface area is 145 Å². The third kappa shape index (κ3) is 4.57. The van der Waals surface area contributed by atoms with Crippen LogP contribution in [0.15, 0.2) is 18.7 Å². The lowest BCUT2D eigenvalue weighted by atomic mass is 10.1. The molecule has 2 fully saturated rings. The van der Waals surface area contributed by atoms with Crippen LogP contribution in [0.1, 0.15) is 32.6 Å². The predicted molar refractivity (Wildman–Crippen MR) is 94.8 cm³/mol. The van der Waals surface area contributed by atoms with Crippen molar-refractivity contribution in [2.75, 3.05) is 45.8 Å². The van der Waals surface area contributed by atoms with E-state index in [-0.39, 0.29) is 6.04 Å². The maximum atomic E-state index is 12.9. The highest BCUT2D eigenvalue weighted by Crippen LogP contribution is 2.15. The van der Waals surface area contributed by atoms with Crippen LogP contribution in [-0.4, -0.2) is 82.0 Å². The Kier molecular flexibility index (Phi) is 6.26. The van der Waals surface area contributed by atoms with Crippen molar-refractivity contribution in [3.63, 3.8) is 0 Å². The molecule has 1 unspecified atom stereocenters. The zero-order valence-corrected chi connectivity index (χ0v) is 14.9. The molecule has 1 atom stereocenters. The molecule has 2 aliphatic heterocycles. The van der Waals surface area contributed by atoms with Crippen molar-refractivity contribution in [3.05, 3.63) is 18.7 Å². The Bertz CT molecular complexity index is 498. The van der Waals surface area contributed by atoms with Crippen molar-refractivity contribution in [3.8, 4) is 0 Å². The minimum absolute atomic E-state index is 0.0443. The van der Waals surface area contributed by atoms with Gasteiger partial charge in [-0.05, 0) is 45.8 Å². The van der Waals surface area contributed by atoms with Crippen molar-refractivity contribution < 1.29 is 4.79 Å². The monoisotopic (exact) mass is 333 g/mol. The standard InChI is InChI=1S/C18H31N5O/c1-17(22-8-3-2-4-9-22)18(24)23-10-5-7-20(14-15-23)12-13-21-11-6-19-16-21/h6,11,16-17H,2-5,7-10,12-15H2,1H3. The van der Waals surface area contributed by atoms with Gasteiger partial charge in [-0.2, -0.15) is 0 Å². The van der Waals surface area contributed by atoms with Crippen molar-refractivity contribution in [2.24, 2.45) is 0 Å². The van der Waals surface area contributed by atoms with E-state index in [1.165, 1.54) is 19.3 Å². The van der Waals surface area contributed by atoms with E-state index in [2.05, 4.69) is 31.2 Å². The average molecular weight is 333 g/mol. The van der Waals surface area contributed by atoms with E-state index >= 15 is 0 Å². The van der Waals surface area contributed by atoms with Crippen LogP contribution >= 0.6 is 0 Å². The minimum atomic E-state index is 0.0443. The smallest absolute Gasteiger partial charge is 0.239 e. The molecule has 0 bridgehead atoms. The molecular formula is C18H31N5O. The fourth-order valence-electron chi connectivity index (χ4n) is 3.82. The van der Waals surface area contributed by atoms with E-state index in [1.807, 2.05) is 18.7 Å². The zero-order chi connectivity index (χ0) is 16.8. The Morgan fingerprint density at radius 3 is 2.58 bits per heavy atom. The highest BCUT2D eigenvalue weighted by atomic mass is 16.2. The van der Waals surface area contributed by atoms with Crippen LogP contribution < -0.4 is 0 Å². The van der Waals surface area contributed by atoms with Gasteiger partial charge in [-0.15, -0.1) is 0 Å². The third-order valence-corrected chi connectivity index (χ3v) is 5.43. The van der Waals surface area contributed by atoms with Crippen LogP contribution in [0.2, 0.25) is 0 Å². The number of piperidine rings is 1. The fraction of sp³-hybridized carbons (Fsp3) is 0.778. The number of aromatic nitrogens is 2. The van der Waals surface area contributed by atoms with Crippen LogP contribution in [-0.2, 0) is 11.3 Å². The van der Waals surface area contributed by atoms with Crippen LogP contribution in [0.5, 0.6) is 0 Å². The van der Waals surface area contributed by atoms with Crippen LogP contribution in [0.3, 0.4) is 0 Å². The molecule has 1 aromatic heterocycles.